The summed E-state index contributed by atoms with van der Waals surface area (Å²) in [5.74, 6) is -1.34. The topological polar surface area (TPSA) is 112 Å². The standard InChI is InChI=1S/C29H31N3O5S.ClH/c1-19-14-16-22(17-15-19)38(35,36)31-30-20(2)24(18-32(3)4)26(21-10-6-5-7-11-21)27-28(33)23-12-8-9-13-25(23)37-29(27)34;/h5-17,24,26,31,33H,18H2,1-4H3;1H/b30-20+;. The molecule has 2 N–H and O–H groups in total. The fourth-order valence-electron chi connectivity index (χ4n) is 4.54. The minimum absolute atomic E-state index is 0. The summed E-state index contributed by atoms with van der Waals surface area (Å²) in [4.78, 5) is 17.7. The second kappa shape index (κ2) is 12.5. The Morgan fingerprint density at radius 1 is 1.00 bits per heavy atom. The molecule has 8 nitrogen and oxygen atoms in total. The number of hydrogen-bond donors (Lipinski definition) is 2. The first-order chi connectivity index (χ1) is 18.1. The van der Waals surface area contributed by atoms with Gasteiger partial charge in [0.2, 0.25) is 0 Å². The monoisotopic (exact) mass is 569 g/mol. The Kier molecular flexibility index (Phi) is 9.55. The largest absolute Gasteiger partial charge is 0.507 e. The quantitative estimate of drug-likeness (QED) is 0.169. The van der Waals surface area contributed by atoms with Gasteiger partial charge in [-0.1, -0.05) is 60.2 Å². The molecule has 2 unspecified atom stereocenters. The number of nitrogens with zero attached hydrogens (tertiary/aromatic N) is 2. The number of aromatic hydroxyl groups is 1. The maximum Gasteiger partial charge on any atom is 0.343 e. The molecule has 1 heterocycles. The van der Waals surface area contributed by atoms with Crippen LogP contribution in [0.3, 0.4) is 0 Å². The third-order valence-corrected chi connectivity index (χ3v) is 7.69. The van der Waals surface area contributed by atoms with Gasteiger partial charge in [-0.05, 0) is 57.8 Å². The molecule has 3 aromatic carbocycles. The minimum atomic E-state index is -3.91. The van der Waals surface area contributed by atoms with Gasteiger partial charge in [-0.3, -0.25) is 0 Å². The number of nitrogens with one attached hydrogen (secondary N) is 1. The fraction of sp³-hybridized carbons (Fsp3) is 0.241. The minimum Gasteiger partial charge on any atom is -0.507 e. The predicted octanol–water partition coefficient (Wildman–Crippen LogP) is 4.89. The zero-order valence-electron chi connectivity index (χ0n) is 22.2. The van der Waals surface area contributed by atoms with E-state index in [2.05, 4.69) is 9.93 Å². The van der Waals surface area contributed by atoms with Crippen LogP contribution < -0.4 is 10.5 Å². The van der Waals surface area contributed by atoms with E-state index in [1.54, 1.807) is 43.3 Å². The summed E-state index contributed by atoms with van der Waals surface area (Å²) in [6.45, 7) is 3.99. The number of para-hydroxylation sites is 1. The molecular formula is C29H32ClN3O5S. The number of hydrogen-bond acceptors (Lipinski definition) is 7. The highest BCUT2D eigenvalue weighted by atomic mass is 35.5. The summed E-state index contributed by atoms with van der Waals surface area (Å²) in [5, 5.41) is 16.0. The molecule has 0 aliphatic heterocycles. The van der Waals surface area contributed by atoms with Gasteiger partial charge in [0.25, 0.3) is 10.0 Å². The molecule has 0 radical (unpaired) electrons. The molecule has 4 aromatic rings. The van der Waals surface area contributed by atoms with Crippen LogP contribution >= 0.6 is 12.4 Å². The zero-order chi connectivity index (χ0) is 27.4. The van der Waals surface area contributed by atoms with E-state index in [4.69, 9.17) is 4.42 Å². The number of benzene rings is 3. The van der Waals surface area contributed by atoms with Gasteiger partial charge >= 0.3 is 5.63 Å². The Morgan fingerprint density at radius 3 is 2.26 bits per heavy atom. The Labute approximate surface area is 234 Å². The predicted molar refractivity (Wildman–Crippen MR) is 156 cm³/mol. The Balaban J connectivity index is 0.00000420. The van der Waals surface area contributed by atoms with Crippen LogP contribution in [0.25, 0.3) is 11.0 Å². The molecule has 0 bridgehead atoms. The molecule has 0 aliphatic carbocycles. The first-order valence-electron chi connectivity index (χ1n) is 12.2. The molecule has 1 aromatic heterocycles. The lowest BCUT2D eigenvalue weighted by molar-refractivity contribution is 0.346. The smallest absolute Gasteiger partial charge is 0.343 e. The fourth-order valence-corrected chi connectivity index (χ4v) is 5.40. The number of rotatable bonds is 9. The molecule has 206 valence electrons. The molecule has 0 saturated carbocycles. The van der Waals surface area contributed by atoms with E-state index in [1.807, 2.05) is 56.3 Å². The van der Waals surface area contributed by atoms with Crippen LogP contribution in [0.4, 0.5) is 0 Å². The summed E-state index contributed by atoms with van der Waals surface area (Å²) in [6.07, 6.45) is 0. The molecule has 4 rings (SSSR count). The molecule has 0 amide bonds. The van der Waals surface area contributed by atoms with Gasteiger partial charge in [0.15, 0.2) is 0 Å². The average Bonchev–Trinajstić information content (AvgIpc) is 2.89. The summed E-state index contributed by atoms with van der Waals surface area (Å²) in [7, 11) is -0.162. The summed E-state index contributed by atoms with van der Waals surface area (Å²) in [5.41, 5.74) is 1.85. The number of halogens is 1. The maximum atomic E-state index is 13.3. The van der Waals surface area contributed by atoms with Gasteiger partial charge in [0.1, 0.15) is 11.3 Å². The first-order valence-corrected chi connectivity index (χ1v) is 13.6. The molecule has 0 spiro atoms. The summed E-state index contributed by atoms with van der Waals surface area (Å²) >= 11 is 0. The van der Waals surface area contributed by atoms with Gasteiger partial charge in [-0.15, -0.1) is 12.4 Å². The Hall–Kier alpha value is -3.66. The van der Waals surface area contributed by atoms with Crippen LogP contribution in [-0.4, -0.2) is 44.8 Å². The van der Waals surface area contributed by atoms with Crippen molar-refractivity contribution >= 4 is 39.1 Å². The Morgan fingerprint density at radius 2 is 1.62 bits per heavy atom. The van der Waals surface area contributed by atoms with Crippen molar-refractivity contribution in [3.05, 3.63) is 106 Å². The van der Waals surface area contributed by atoms with Crippen molar-refractivity contribution in [2.75, 3.05) is 20.6 Å². The van der Waals surface area contributed by atoms with Gasteiger partial charge in [0, 0.05) is 24.1 Å². The van der Waals surface area contributed by atoms with Crippen LogP contribution in [0.2, 0.25) is 0 Å². The molecule has 10 heteroatoms. The lowest BCUT2D eigenvalue weighted by Crippen LogP contribution is -2.35. The van der Waals surface area contributed by atoms with E-state index in [9.17, 15) is 18.3 Å². The summed E-state index contributed by atoms with van der Waals surface area (Å²) in [6, 6.07) is 22.6. The highest BCUT2D eigenvalue weighted by Crippen LogP contribution is 2.39. The zero-order valence-corrected chi connectivity index (χ0v) is 23.8. The van der Waals surface area contributed by atoms with E-state index in [0.29, 0.717) is 17.6 Å². The SMILES string of the molecule is C/C(=N\NS(=O)(=O)c1ccc(C)cc1)C(CN(C)C)C(c1ccccc1)c1c(O)c2ccccc2oc1=O.Cl. The highest BCUT2D eigenvalue weighted by molar-refractivity contribution is 7.89. The highest BCUT2D eigenvalue weighted by Gasteiger charge is 2.34. The van der Waals surface area contributed by atoms with Gasteiger partial charge in [-0.25, -0.2) is 9.63 Å². The van der Waals surface area contributed by atoms with E-state index < -0.39 is 27.5 Å². The lowest BCUT2D eigenvalue weighted by Gasteiger charge is -2.30. The second-order valence-electron chi connectivity index (χ2n) is 9.57. The number of aryl methyl sites for hydroxylation is 1. The number of hydrazone groups is 1. The van der Waals surface area contributed by atoms with Gasteiger partial charge in [-0.2, -0.15) is 13.5 Å². The molecular weight excluding hydrogens is 538 g/mol. The second-order valence-corrected chi connectivity index (χ2v) is 11.2. The van der Waals surface area contributed by atoms with Crippen molar-refractivity contribution in [2.45, 2.75) is 24.7 Å². The molecule has 0 saturated heterocycles. The van der Waals surface area contributed by atoms with Crippen molar-refractivity contribution in [1.29, 1.82) is 0 Å². The maximum absolute atomic E-state index is 13.3. The first kappa shape index (κ1) is 29.9. The third kappa shape index (κ3) is 6.68. The number of fused-ring (bicyclic) bond motifs is 1. The van der Waals surface area contributed by atoms with E-state index in [1.165, 1.54) is 12.1 Å². The van der Waals surface area contributed by atoms with E-state index in [-0.39, 0.29) is 34.2 Å². The summed E-state index contributed by atoms with van der Waals surface area (Å²) < 4.78 is 31.5. The average molecular weight is 570 g/mol. The van der Waals surface area contributed by atoms with Crippen molar-refractivity contribution in [3.63, 3.8) is 0 Å². The lowest BCUT2D eigenvalue weighted by atomic mass is 9.78. The normalized spacial score (nSPS) is 13.6. The van der Waals surface area contributed by atoms with E-state index in [0.717, 1.165) is 11.1 Å². The third-order valence-electron chi connectivity index (χ3n) is 6.46. The van der Waals surface area contributed by atoms with Crippen molar-refractivity contribution in [1.82, 2.24) is 9.73 Å². The van der Waals surface area contributed by atoms with E-state index >= 15 is 0 Å². The molecule has 2 atom stereocenters. The molecule has 0 fully saturated rings. The Bertz CT molecular complexity index is 1620. The number of sulfonamides is 1. The van der Waals surface area contributed by atoms with Crippen LogP contribution in [0.15, 0.2) is 98.1 Å². The molecule has 39 heavy (non-hydrogen) atoms. The van der Waals surface area contributed by atoms with Gasteiger partial charge in [0.05, 0.1) is 15.8 Å². The van der Waals surface area contributed by atoms with Crippen LogP contribution in [0, 0.1) is 12.8 Å². The molecule has 0 aliphatic rings. The van der Waals surface area contributed by atoms with Crippen LogP contribution in [-0.2, 0) is 10.0 Å². The van der Waals surface area contributed by atoms with Crippen molar-refractivity contribution in [3.8, 4) is 5.75 Å². The van der Waals surface area contributed by atoms with Crippen molar-refractivity contribution in [2.24, 2.45) is 11.0 Å². The van der Waals surface area contributed by atoms with Crippen molar-refractivity contribution < 1.29 is 17.9 Å². The van der Waals surface area contributed by atoms with Crippen LogP contribution in [0.1, 0.15) is 29.5 Å². The van der Waals surface area contributed by atoms with Gasteiger partial charge < -0.3 is 14.4 Å². The van der Waals surface area contributed by atoms with Crippen LogP contribution in [0.5, 0.6) is 5.75 Å².